The van der Waals surface area contributed by atoms with Crippen molar-refractivity contribution >= 4 is 0 Å². The van der Waals surface area contributed by atoms with Crippen molar-refractivity contribution < 1.29 is 9.13 Å². The van der Waals surface area contributed by atoms with Crippen molar-refractivity contribution in [3.63, 3.8) is 0 Å². The average Bonchev–Trinajstić information content (AvgIpc) is 2.08. The topological polar surface area (TPSA) is 35.2 Å². The fourth-order valence-corrected chi connectivity index (χ4v) is 0.893. The van der Waals surface area contributed by atoms with Gasteiger partial charge in [0.05, 0.1) is 6.61 Å². The van der Waals surface area contributed by atoms with Gasteiger partial charge in [0.15, 0.2) is 0 Å². The molecule has 3 heteroatoms. The van der Waals surface area contributed by atoms with Crippen molar-refractivity contribution in [3.05, 3.63) is 30.1 Å². The van der Waals surface area contributed by atoms with E-state index in [2.05, 4.69) is 0 Å². The Balaban J connectivity index is 2.33. The maximum absolute atomic E-state index is 12.5. The second kappa shape index (κ2) is 4.82. The molecule has 0 bridgehead atoms. The van der Waals surface area contributed by atoms with Gasteiger partial charge in [-0.2, -0.15) is 0 Å². The normalized spacial score (nSPS) is 12.5. The molecule has 0 spiro atoms. The summed E-state index contributed by atoms with van der Waals surface area (Å²) in [7, 11) is 0. The lowest BCUT2D eigenvalue weighted by Crippen LogP contribution is -2.18. The van der Waals surface area contributed by atoms with Crippen molar-refractivity contribution in [3.8, 4) is 5.75 Å². The van der Waals surface area contributed by atoms with E-state index in [4.69, 9.17) is 10.5 Å². The van der Waals surface area contributed by atoms with E-state index < -0.39 is 0 Å². The van der Waals surface area contributed by atoms with Crippen LogP contribution < -0.4 is 10.5 Å². The summed E-state index contributed by atoms with van der Waals surface area (Å²) in [4.78, 5) is 0. The molecule has 0 aliphatic carbocycles. The Hall–Kier alpha value is -1.09. The van der Waals surface area contributed by atoms with Crippen LogP contribution in [-0.4, -0.2) is 12.6 Å². The van der Waals surface area contributed by atoms with Gasteiger partial charge in [0.25, 0.3) is 0 Å². The van der Waals surface area contributed by atoms with Crippen LogP contribution in [0.4, 0.5) is 4.39 Å². The molecule has 1 unspecified atom stereocenters. The molecule has 1 aromatic carbocycles. The van der Waals surface area contributed by atoms with Gasteiger partial charge in [-0.05, 0) is 37.6 Å². The first-order chi connectivity index (χ1) is 6.18. The number of halogens is 1. The quantitative estimate of drug-likeness (QED) is 0.774. The molecule has 0 fully saturated rings. The third-order valence-corrected chi connectivity index (χ3v) is 1.66. The maximum Gasteiger partial charge on any atom is 0.123 e. The molecule has 72 valence electrons. The van der Waals surface area contributed by atoms with Crippen LogP contribution in [0.25, 0.3) is 0 Å². The molecule has 1 atom stereocenters. The highest BCUT2D eigenvalue weighted by Gasteiger charge is 1.96. The van der Waals surface area contributed by atoms with E-state index in [0.717, 1.165) is 6.42 Å². The molecule has 0 saturated heterocycles. The monoisotopic (exact) mass is 183 g/mol. The zero-order valence-corrected chi connectivity index (χ0v) is 7.66. The van der Waals surface area contributed by atoms with Crippen molar-refractivity contribution in [2.24, 2.45) is 5.73 Å². The van der Waals surface area contributed by atoms with Gasteiger partial charge in [0.1, 0.15) is 11.6 Å². The number of benzene rings is 1. The summed E-state index contributed by atoms with van der Waals surface area (Å²) in [6, 6.07) is 6.11. The van der Waals surface area contributed by atoms with Crippen molar-refractivity contribution in [1.29, 1.82) is 0 Å². The molecule has 0 aliphatic rings. The minimum absolute atomic E-state index is 0.139. The summed E-state index contributed by atoms with van der Waals surface area (Å²) in [6.07, 6.45) is 0.803. The molecule has 0 aliphatic heterocycles. The van der Waals surface area contributed by atoms with Crippen LogP contribution in [0.2, 0.25) is 0 Å². The zero-order valence-electron chi connectivity index (χ0n) is 7.66. The standard InChI is InChI=1S/C10H14FNO/c1-8(12)6-7-13-10-4-2-9(11)3-5-10/h2-5,8H,6-7,12H2,1H3. The first-order valence-corrected chi connectivity index (χ1v) is 4.32. The van der Waals surface area contributed by atoms with Crippen LogP contribution in [-0.2, 0) is 0 Å². The van der Waals surface area contributed by atoms with Gasteiger partial charge in [-0.1, -0.05) is 0 Å². The van der Waals surface area contributed by atoms with E-state index in [-0.39, 0.29) is 11.9 Å². The first-order valence-electron chi connectivity index (χ1n) is 4.32. The Morgan fingerprint density at radius 2 is 2.00 bits per heavy atom. The fourth-order valence-electron chi connectivity index (χ4n) is 0.893. The number of nitrogens with two attached hydrogens (primary N) is 1. The number of rotatable bonds is 4. The van der Waals surface area contributed by atoms with Crippen LogP contribution >= 0.6 is 0 Å². The van der Waals surface area contributed by atoms with Gasteiger partial charge in [0.2, 0.25) is 0 Å². The van der Waals surface area contributed by atoms with Gasteiger partial charge < -0.3 is 10.5 Å². The largest absolute Gasteiger partial charge is 0.494 e. The van der Waals surface area contributed by atoms with Crippen LogP contribution in [0.1, 0.15) is 13.3 Å². The van der Waals surface area contributed by atoms with Crippen molar-refractivity contribution in [1.82, 2.24) is 0 Å². The summed E-state index contributed by atoms with van der Waals surface area (Å²) < 4.78 is 17.8. The average molecular weight is 183 g/mol. The summed E-state index contributed by atoms with van der Waals surface area (Å²) in [6.45, 7) is 2.50. The Morgan fingerprint density at radius 1 is 1.38 bits per heavy atom. The van der Waals surface area contributed by atoms with E-state index in [1.807, 2.05) is 6.92 Å². The van der Waals surface area contributed by atoms with E-state index in [9.17, 15) is 4.39 Å². The fraction of sp³-hybridized carbons (Fsp3) is 0.400. The summed E-state index contributed by atoms with van der Waals surface area (Å²) in [5.41, 5.74) is 5.54. The Kier molecular flexibility index (Phi) is 3.71. The SMILES string of the molecule is CC(N)CCOc1ccc(F)cc1. The molecule has 0 aromatic heterocycles. The van der Waals surface area contributed by atoms with E-state index in [0.29, 0.717) is 12.4 Å². The Morgan fingerprint density at radius 3 is 2.54 bits per heavy atom. The van der Waals surface area contributed by atoms with Crippen LogP contribution in [0, 0.1) is 5.82 Å². The molecule has 13 heavy (non-hydrogen) atoms. The van der Waals surface area contributed by atoms with Gasteiger partial charge >= 0.3 is 0 Å². The van der Waals surface area contributed by atoms with Gasteiger partial charge in [-0.25, -0.2) is 4.39 Å². The summed E-state index contributed by atoms with van der Waals surface area (Å²) in [5, 5.41) is 0. The lowest BCUT2D eigenvalue weighted by atomic mass is 10.3. The second-order valence-corrected chi connectivity index (χ2v) is 3.07. The summed E-state index contributed by atoms with van der Waals surface area (Å²) in [5.74, 6) is 0.432. The summed E-state index contributed by atoms with van der Waals surface area (Å²) >= 11 is 0. The molecule has 0 heterocycles. The Labute approximate surface area is 77.5 Å². The highest BCUT2D eigenvalue weighted by atomic mass is 19.1. The zero-order chi connectivity index (χ0) is 9.68. The molecular weight excluding hydrogens is 169 g/mol. The highest BCUT2D eigenvalue weighted by molar-refractivity contribution is 5.21. The smallest absolute Gasteiger partial charge is 0.123 e. The Bertz CT molecular complexity index is 246. The predicted octanol–water partition coefficient (Wildman–Crippen LogP) is 1.94. The minimum Gasteiger partial charge on any atom is -0.494 e. The minimum atomic E-state index is -0.250. The van der Waals surface area contributed by atoms with Crippen molar-refractivity contribution in [2.45, 2.75) is 19.4 Å². The highest BCUT2D eigenvalue weighted by Crippen LogP contribution is 2.11. The maximum atomic E-state index is 12.5. The molecule has 2 nitrogen and oxygen atoms in total. The molecule has 1 rings (SSSR count). The lowest BCUT2D eigenvalue weighted by molar-refractivity contribution is 0.300. The van der Waals surface area contributed by atoms with Crippen LogP contribution in [0.5, 0.6) is 5.75 Å². The van der Waals surface area contributed by atoms with Crippen LogP contribution in [0.3, 0.4) is 0 Å². The molecule has 0 amide bonds. The van der Waals surface area contributed by atoms with Gasteiger partial charge in [-0.15, -0.1) is 0 Å². The second-order valence-electron chi connectivity index (χ2n) is 3.07. The third-order valence-electron chi connectivity index (χ3n) is 1.66. The molecule has 2 N–H and O–H groups in total. The number of hydrogen-bond acceptors (Lipinski definition) is 2. The lowest BCUT2D eigenvalue weighted by Gasteiger charge is -2.07. The van der Waals surface area contributed by atoms with Gasteiger partial charge in [0, 0.05) is 6.04 Å². The predicted molar refractivity (Wildman–Crippen MR) is 50.2 cm³/mol. The van der Waals surface area contributed by atoms with Crippen LogP contribution in [0.15, 0.2) is 24.3 Å². The van der Waals surface area contributed by atoms with Crippen molar-refractivity contribution in [2.75, 3.05) is 6.61 Å². The molecule has 0 saturated carbocycles. The number of hydrogen-bond donors (Lipinski definition) is 1. The molecule has 0 radical (unpaired) electrons. The van der Waals surface area contributed by atoms with E-state index in [1.165, 1.54) is 12.1 Å². The van der Waals surface area contributed by atoms with Gasteiger partial charge in [-0.3, -0.25) is 0 Å². The van der Waals surface area contributed by atoms with E-state index >= 15 is 0 Å². The number of ether oxygens (including phenoxy) is 1. The van der Waals surface area contributed by atoms with E-state index in [1.54, 1.807) is 12.1 Å². The third kappa shape index (κ3) is 3.90. The molecule has 1 aromatic rings. The molecular formula is C10H14FNO. The first kappa shape index (κ1) is 9.99.